The van der Waals surface area contributed by atoms with Crippen LogP contribution in [0.5, 0.6) is 0 Å². The molecule has 0 radical (unpaired) electrons. The molecule has 8 nitrogen and oxygen atoms in total. The first-order valence-corrected chi connectivity index (χ1v) is 10.2. The van der Waals surface area contributed by atoms with Crippen LogP contribution in [-0.2, 0) is 14.4 Å². The summed E-state index contributed by atoms with van der Waals surface area (Å²) >= 11 is 28.6. The van der Waals surface area contributed by atoms with Gasteiger partial charge < -0.3 is 11.1 Å². The average Bonchev–Trinajstić information content (AvgIpc) is 2.92. The number of carbonyl (C=O) groups is 3. The number of nitrogens with two attached hydrogens (primary N) is 1. The number of rotatable bonds is 4. The number of benzene rings is 2. The van der Waals surface area contributed by atoms with Gasteiger partial charge in [0, 0.05) is 10.0 Å². The first kappa shape index (κ1) is 23.2. The topological polar surface area (TPSA) is 117 Å². The summed E-state index contributed by atoms with van der Waals surface area (Å²) in [5.74, 6) is -4.27. The minimum Gasteiger partial charge on any atom is -0.375 e. The summed E-state index contributed by atoms with van der Waals surface area (Å²) in [6.07, 6.45) is 0. The van der Waals surface area contributed by atoms with Gasteiger partial charge in [-0.15, -0.1) is 0 Å². The highest BCUT2D eigenvalue weighted by Gasteiger charge is 2.50. The first-order valence-electron chi connectivity index (χ1n) is 8.32. The molecule has 0 bridgehead atoms. The van der Waals surface area contributed by atoms with E-state index in [-0.39, 0.29) is 26.5 Å². The van der Waals surface area contributed by atoms with Crippen molar-refractivity contribution in [2.24, 2.45) is 16.8 Å². The van der Waals surface area contributed by atoms with Crippen LogP contribution in [-0.4, -0.2) is 28.5 Å². The number of hydrogen-bond donors (Lipinski definition) is 3. The van der Waals surface area contributed by atoms with Crippen LogP contribution in [0.15, 0.2) is 41.5 Å². The predicted octanol–water partition coefficient (Wildman–Crippen LogP) is 3.62. The molecule has 0 spiro atoms. The number of hydrazone groups is 1. The summed E-state index contributed by atoms with van der Waals surface area (Å²) < 4.78 is 0. The van der Waals surface area contributed by atoms with Crippen molar-refractivity contribution >= 4 is 98.5 Å². The third-order valence-electron chi connectivity index (χ3n) is 4.05. The molecule has 1 aliphatic rings. The zero-order valence-electron chi connectivity index (χ0n) is 15.2. The molecule has 3 amide bonds. The van der Waals surface area contributed by atoms with Crippen LogP contribution >= 0.6 is 58.6 Å². The van der Waals surface area contributed by atoms with E-state index < -0.39 is 29.4 Å². The number of nitrogens with zero attached hydrogens (tertiary/aromatic N) is 2. The lowest BCUT2D eigenvalue weighted by Gasteiger charge is -2.16. The van der Waals surface area contributed by atoms with E-state index in [1.165, 1.54) is 36.4 Å². The van der Waals surface area contributed by atoms with Crippen molar-refractivity contribution in [1.82, 2.24) is 5.43 Å². The normalized spacial score (nSPS) is 17.2. The van der Waals surface area contributed by atoms with E-state index in [9.17, 15) is 14.4 Å². The van der Waals surface area contributed by atoms with E-state index in [4.69, 9.17) is 52.1 Å². The highest BCUT2D eigenvalue weighted by atomic mass is 35.5. The Morgan fingerprint density at radius 3 is 2.23 bits per heavy atom. The number of hydrogen-bond acceptors (Lipinski definition) is 5. The third kappa shape index (κ3) is 4.91. The van der Waals surface area contributed by atoms with E-state index in [0.29, 0.717) is 10.0 Å². The molecule has 31 heavy (non-hydrogen) atoms. The van der Waals surface area contributed by atoms with E-state index in [2.05, 4.69) is 28.1 Å². The number of amides is 3. The van der Waals surface area contributed by atoms with Crippen molar-refractivity contribution in [2.45, 2.75) is 0 Å². The molecule has 1 heterocycles. The van der Waals surface area contributed by atoms with E-state index in [1.54, 1.807) is 0 Å². The molecule has 1 fully saturated rings. The van der Waals surface area contributed by atoms with Gasteiger partial charge in [0.05, 0.1) is 21.4 Å². The molecule has 1 unspecified atom stereocenters. The Labute approximate surface area is 201 Å². The molecule has 0 aromatic heterocycles. The van der Waals surface area contributed by atoms with Crippen LogP contribution in [0.1, 0.15) is 0 Å². The van der Waals surface area contributed by atoms with Gasteiger partial charge in [-0.2, -0.15) is 5.10 Å². The Bertz CT molecular complexity index is 1160. The lowest BCUT2D eigenvalue weighted by molar-refractivity contribution is -0.127. The summed E-state index contributed by atoms with van der Waals surface area (Å²) in [5.41, 5.74) is 7.35. The fourth-order valence-corrected chi connectivity index (χ4v) is 3.73. The molecule has 160 valence electrons. The molecular weight excluding hydrogens is 508 g/mol. The fourth-order valence-electron chi connectivity index (χ4n) is 2.73. The highest BCUT2D eigenvalue weighted by molar-refractivity contribution is 7.80. The molecule has 13 heteroatoms. The maximum atomic E-state index is 13.1. The summed E-state index contributed by atoms with van der Waals surface area (Å²) in [7, 11) is 0. The summed E-state index contributed by atoms with van der Waals surface area (Å²) in [6, 6.07) is 8.51. The van der Waals surface area contributed by atoms with E-state index >= 15 is 0 Å². The van der Waals surface area contributed by atoms with Crippen LogP contribution in [0.4, 0.5) is 11.4 Å². The Kier molecular flexibility index (Phi) is 7.03. The molecular formula is C18H11Cl4N5O3S. The van der Waals surface area contributed by atoms with Gasteiger partial charge in [0.25, 0.3) is 11.8 Å². The number of thiocarbonyl (C=S) groups is 1. The van der Waals surface area contributed by atoms with Gasteiger partial charge in [-0.05, 0) is 48.6 Å². The first-order chi connectivity index (χ1) is 14.6. The van der Waals surface area contributed by atoms with Gasteiger partial charge in [-0.3, -0.25) is 19.8 Å². The van der Waals surface area contributed by atoms with Gasteiger partial charge in [0.15, 0.2) is 11.0 Å². The van der Waals surface area contributed by atoms with Crippen LogP contribution in [0, 0.1) is 5.92 Å². The van der Waals surface area contributed by atoms with Crippen LogP contribution in [0.2, 0.25) is 20.1 Å². The standard InChI is InChI=1S/C18H11Cl4N5O3S/c19-7-1-3-11(9(21)5-7)24-15(28)13-14(25-26-18(23)31)17(30)27(16(13)29)12-4-2-8(20)6-10(12)22/h1-6,13H,(H,24,28)(H3,23,26,31). The molecule has 1 atom stereocenters. The Morgan fingerprint density at radius 1 is 1.03 bits per heavy atom. The number of nitrogens with one attached hydrogen (secondary N) is 2. The number of anilines is 2. The van der Waals surface area contributed by atoms with E-state index in [0.717, 1.165) is 4.90 Å². The molecule has 2 aromatic rings. The second kappa shape index (κ2) is 9.37. The molecule has 1 aliphatic heterocycles. The second-order valence-corrected chi connectivity index (χ2v) is 8.22. The molecule has 1 saturated heterocycles. The Morgan fingerprint density at radius 2 is 1.65 bits per heavy atom. The molecule has 3 rings (SSSR count). The lowest BCUT2D eigenvalue weighted by atomic mass is 10.0. The maximum Gasteiger partial charge on any atom is 0.282 e. The van der Waals surface area contributed by atoms with Crippen molar-refractivity contribution in [2.75, 3.05) is 10.2 Å². The quantitative estimate of drug-likeness (QED) is 0.246. The fraction of sp³-hybridized carbons (Fsp3) is 0.0556. The third-order valence-corrected chi connectivity index (χ3v) is 5.23. The van der Waals surface area contributed by atoms with Crippen molar-refractivity contribution in [1.29, 1.82) is 0 Å². The van der Waals surface area contributed by atoms with Gasteiger partial charge in [0.2, 0.25) is 5.91 Å². The Balaban J connectivity index is 2.02. The van der Waals surface area contributed by atoms with Gasteiger partial charge in [-0.25, -0.2) is 4.90 Å². The minimum atomic E-state index is -1.63. The van der Waals surface area contributed by atoms with Crippen molar-refractivity contribution in [3.63, 3.8) is 0 Å². The number of carbonyl (C=O) groups excluding carboxylic acids is 3. The zero-order valence-corrected chi connectivity index (χ0v) is 19.0. The highest BCUT2D eigenvalue weighted by Crippen LogP contribution is 2.34. The minimum absolute atomic E-state index is 0.0256. The molecule has 0 saturated carbocycles. The predicted molar refractivity (Wildman–Crippen MR) is 125 cm³/mol. The van der Waals surface area contributed by atoms with E-state index in [1.807, 2.05) is 0 Å². The monoisotopic (exact) mass is 517 g/mol. The number of imide groups is 1. The summed E-state index contributed by atoms with van der Waals surface area (Å²) in [6.45, 7) is 0. The molecule has 0 aliphatic carbocycles. The SMILES string of the molecule is NC(=S)NN=C1C(=O)N(c2ccc(Cl)cc2Cl)C(=O)C1C(=O)Nc1ccc(Cl)cc1Cl. The smallest absolute Gasteiger partial charge is 0.282 e. The number of halogens is 4. The molecule has 4 N–H and O–H groups in total. The van der Waals surface area contributed by atoms with Crippen molar-refractivity contribution in [3.8, 4) is 0 Å². The lowest BCUT2D eigenvalue weighted by Crippen LogP contribution is -2.35. The van der Waals surface area contributed by atoms with Crippen LogP contribution < -0.4 is 21.4 Å². The maximum absolute atomic E-state index is 13.1. The second-order valence-electron chi connectivity index (χ2n) is 6.09. The Hall–Kier alpha value is -2.43. The molecule has 2 aromatic carbocycles. The zero-order chi connectivity index (χ0) is 22.9. The van der Waals surface area contributed by atoms with Crippen LogP contribution in [0.25, 0.3) is 0 Å². The van der Waals surface area contributed by atoms with Gasteiger partial charge in [-0.1, -0.05) is 46.4 Å². The van der Waals surface area contributed by atoms with Crippen LogP contribution in [0.3, 0.4) is 0 Å². The van der Waals surface area contributed by atoms with Gasteiger partial charge in [0.1, 0.15) is 5.71 Å². The summed E-state index contributed by atoms with van der Waals surface area (Å²) in [5, 5.41) is 6.79. The van der Waals surface area contributed by atoms with Crippen molar-refractivity contribution in [3.05, 3.63) is 56.5 Å². The summed E-state index contributed by atoms with van der Waals surface area (Å²) in [4.78, 5) is 39.8. The van der Waals surface area contributed by atoms with Gasteiger partial charge >= 0.3 is 0 Å². The average molecular weight is 519 g/mol. The van der Waals surface area contributed by atoms with Crippen molar-refractivity contribution < 1.29 is 14.4 Å². The largest absolute Gasteiger partial charge is 0.375 e.